The fourth-order valence-corrected chi connectivity index (χ4v) is 4.31. The Balaban J connectivity index is 2.17. The van der Waals surface area contributed by atoms with Crippen LogP contribution in [0.3, 0.4) is 0 Å². The van der Waals surface area contributed by atoms with Gasteiger partial charge < -0.3 is 5.73 Å². The molecule has 1 heterocycles. The third-order valence-corrected chi connectivity index (χ3v) is 5.31. The molecule has 3 unspecified atom stereocenters. The van der Waals surface area contributed by atoms with Gasteiger partial charge in [-0.2, -0.15) is 0 Å². The molecular formula is C19H26N2. The molecule has 2 aromatic rings. The van der Waals surface area contributed by atoms with E-state index >= 15 is 0 Å². The van der Waals surface area contributed by atoms with Crippen molar-refractivity contribution in [3.8, 4) is 0 Å². The summed E-state index contributed by atoms with van der Waals surface area (Å²) in [6, 6.07) is 8.60. The maximum absolute atomic E-state index is 7.05. The SMILES string of the molecule is CC1CCC(C(C)C)C(N)(c2cccc3ccncc23)C1. The number of nitrogens with zero attached hydrogens (tertiary/aromatic N) is 1. The van der Waals surface area contributed by atoms with Gasteiger partial charge >= 0.3 is 0 Å². The fourth-order valence-electron chi connectivity index (χ4n) is 4.31. The highest BCUT2D eigenvalue weighted by Gasteiger charge is 2.43. The molecule has 3 rings (SSSR count). The van der Waals surface area contributed by atoms with Gasteiger partial charge in [-0.1, -0.05) is 45.4 Å². The first kappa shape index (κ1) is 14.5. The molecule has 1 saturated carbocycles. The normalized spacial score (nSPS) is 30.0. The van der Waals surface area contributed by atoms with Gasteiger partial charge in [-0.25, -0.2) is 0 Å². The molecule has 3 atom stereocenters. The molecule has 1 fully saturated rings. The van der Waals surface area contributed by atoms with Gasteiger partial charge in [-0.3, -0.25) is 4.98 Å². The highest BCUT2D eigenvalue weighted by molar-refractivity contribution is 5.85. The van der Waals surface area contributed by atoms with Crippen molar-refractivity contribution in [2.45, 2.75) is 45.6 Å². The Morgan fingerprint density at radius 1 is 1.24 bits per heavy atom. The summed E-state index contributed by atoms with van der Waals surface area (Å²) in [6.07, 6.45) is 7.44. The molecule has 112 valence electrons. The van der Waals surface area contributed by atoms with Crippen molar-refractivity contribution in [3.05, 3.63) is 42.2 Å². The lowest BCUT2D eigenvalue weighted by atomic mass is 9.62. The summed E-state index contributed by atoms with van der Waals surface area (Å²) in [5.74, 6) is 1.84. The van der Waals surface area contributed by atoms with E-state index in [1.807, 2.05) is 12.4 Å². The summed E-state index contributed by atoms with van der Waals surface area (Å²) in [4.78, 5) is 4.33. The highest BCUT2D eigenvalue weighted by Crippen LogP contribution is 2.47. The quantitative estimate of drug-likeness (QED) is 0.882. The second-order valence-corrected chi connectivity index (χ2v) is 7.18. The van der Waals surface area contributed by atoms with E-state index in [0.717, 1.165) is 6.42 Å². The van der Waals surface area contributed by atoms with Gasteiger partial charge in [0.1, 0.15) is 0 Å². The van der Waals surface area contributed by atoms with Crippen LogP contribution in [0.5, 0.6) is 0 Å². The topological polar surface area (TPSA) is 38.9 Å². The molecule has 0 aliphatic heterocycles. The summed E-state index contributed by atoms with van der Waals surface area (Å²) in [6.45, 7) is 6.96. The van der Waals surface area contributed by atoms with Crippen molar-refractivity contribution in [1.82, 2.24) is 4.98 Å². The lowest BCUT2D eigenvalue weighted by Gasteiger charge is -2.46. The van der Waals surface area contributed by atoms with Crippen LogP contribution in [0, 0.1) is 17.8 Å². The van der Waals surface area contributed by atoms with Crippen LogP contribution in [-0.4, -0.2) is 4.98 Å². The van der Waals surface area contributed by atoms with Gasteiger partial charge in [-0.15, -0.1) is 0 Å². The van der Waals surface area contributed by atoms with Crippen molar-refractivity contribution < 1.29 is 0 Å². The lowest BCUT2D eigenvalue weighted by Crippen LogP contribution is -2.50. The van der Waals surface area contributed by atoms with E-state index in [4.69, 9.17) is 5.73 Å². The maximum atomic E-state index is 7.05. The van der Waals surface area contributed by atoms with Crippen LogP contribution in [0.25, 0.3) is 10.8 Å². The average Bonchev–Trinajstić information content (AvgIpc) is 2.46. The first-order chi connectivity index (χ1) is 10.0. The number of pyridine rings is 1. The molecule has 1 aromatic heterocycles. The van der Waals surface area contributed by atoms with E-state index in [1.54, 1.807) is 0 Å². The molecular weight excluding hydrogens is 256 g/mol. The molecule has 1 aromatic carbocycles. The highest BCUT2D eigenvalue weighted by atomic mass is 14.8. The number of rotatable bonds is 2. The van der Waals surface area contributed by atoms with Crippen LogP contribution in [0.2, 0.25) is 0 Å². The lowest BCUT2D eigenvalue weighted by molar-refractivity contribution is 0.109. The van der Waals surface area contributed by atoms with E-state index in [2.05, 4.69) is 50.0 Å². The first-order valence-corrected chi connectivity index (χ1v) is 8.14. The molecule has 0 radical (unpaired) electrons. The Kier molecular flexibility index (Phi) is 3.75. The summed E-state index contributed by atoms with van der Waals surface area (Å²) >= 11 is 0. The number of hydrogen-bond donors (Lipinski definition) is 1. The predicted octanol–water partition coefficient (Wildman–Crippen LogP) is 4.48. The molecule has 1 aliphatic carbocycles. The number of hydrogen-bond acceptors (Lipinski definition) is 2. The maximum Gasteiger partial charge on any atom is 0.0449 e. The van der Waals surface area contributed by atoms with Crippen molar-refractivity contribution in [1.29, 1.82) is 0 Å². The van der Waals surface area contributed by atoms with Gasteiger partial charge in [0.15, 0.2) is 0 Å². The second-order valence-electron chi connectivity index (χ2n) is 7.18. The third-order valence-electron chi connectivity index (χ3n) is 5.31. The Labute approximate surface area is 127 Å². The van der Waals surface area contributed by atoms with Crippen molar-refractivity contribution in [3.63, 3.8) is 0 Å². The monoisotopic (exact) mass is 282 g/mol. The molecule has 2 heteroatoms. The summed E-state index contributed by atoms with van der Waals surface area (Å²) in [7, 11) is 0. The minimum atomic E-state index is -0.228. The van der Waals surface area contributed by atoms with E-state index < -0.39 is 0 Å². The minimum absolute atomic E-state index is 0.228. The van der Waals surface area contributed by atoms with Crippen LogP contribution in [0.15, 0.2) is 36.7 Å². The second kappa shape index (κ2) is 5.42. The zero-order chi connectivity index (χ0) is 15.0. The molecule has 0 saturated heterocycles. The fraction of sp³-hybridized carbons (Fsp3) is 0.526. The number of aromatic nitrogens is 1. The Bertz CT molecular complexity index is 629. The van der Waals surface area contributed by atoms with E-state index in [0.29, 0.717) is 17.8 Å². The van der Waals surface area contributed by atoms with Crippen LogP contribution < -0.4 is 5.73 Å². The van der Waals surface area contributed by atoms with E-state index in [9.17, 15) is 0 Å². The van der Waals surface area contributed by atoms with Gasteiger partial charge in [0.05, 0.1) is 0 Å². The van der Waals surface area contributed by atoms with E-state index in [1.165, 1.54) is 29.2 Å². The first-order valence-electron chi connectivity index (χ1n) is 8.14. The molecule has 2 N–H and O–H groups in total. The average molecular weight is 282 g/mol. The minimum Gasteiger partial charge on any atom is -0.321 e. The zero-order valence-corrected chi connectivity index (χ0v) is 13.3. The summed E-state index contributed by atoms with van der Waals surface area (Å²) in [5, 5.41) is 2.47. The summed E-state index contributed by atoms with van der Waals surface area (Å²) in [5.41, 5.74) is 8.12. The van der Waals surface area contributed by atoms with Crippen molar-refractivity contribution in [2.24, 2.45) is 23.5 Å². The Morgan fingerprint density at radius 3 is 2.81 bits per heavy atom. The standard InChI is InChI=1S/C19H26N2/c1-13(2)17-8-7-14(3)11-19(17,20)18-6-4-5-15-9-10-21-12-16(15)18/h4-6,9-10,12-14,17H,7-8,11,20H2,1-3H3. The Morgan fingerprint density at radius 2 is 2.05 bits per heavy atom. The van der Waals surface area contributed by atoms with Gasteiger partial charge in [0, 0.05) is 23.3 Å². The van der Waals surface area contributed by atoms with E-state index in [-0.39, 0.29) is 5.54 Å². The predicted molar refractivity (Wildman–Crippen MR) is 89.0 cm³/mol. The van der Waals surface area contributed by atoms with Gasteiger partial charge in [-0.05, 0) is 47.6 Å². The molecule has 0 spiro atoms. The van der Waals surface area contributed by atoms with Crippen LogP contribution >= 0.6 is 0 Å². The number of fused-ring (bicyclic) bond motifs is 1. The van der Waals surface area contributed by atoms with Gasteiger partial charge in [0.2, 0.25) is 0 Å². The molecule has 0 amide bonds. The van der Waals surface area contributed by atoms with Gasteiger partial charge in [0.25, 0.3) is 0 Å². The van der Waals surface area contributed by atoms with Crippen LogP contribution in [-0.2, 0) is 5.54 Å². The molecule has 2 nitrogen and oxygen atoms in total. The number of nitrogens with two attached hydrogens (primary N) is 1. The smallest absolute Gasteiger partial charge is 0.0449 e. The molecule has 21 heavy (non-hydrogen) atoms. The van der Waals surface area contributed by atoms with Crippen LogP contribution in [0.4, 0.5) is 0 Å². The number of benzene rings is 1. The Hall–Kier alpha value is -1.41. The van der Waals surface area contributed by atoms with Crippen LogP contribution in [0.1, 0.15) is 45.6 Å². The zero-order valence-electron chi connectivity index (χ0n) is 13.3. The largest absolute Gasteiger partial charge is 0.321 e. The van der Waals surface area contributed by atoms with Crippen molar-refractivity contribution >= 4 is 10.8 Å². The molecule has 0 bridgehead atoms. The van der Waals surface area contributed by atoms with Crippen molar-refractivity contribution in [2.75, 3.05) is 0 Å². The summed E-state index contributed by atoms with van der Waals surface area (Å²) < 4.78 is 0. The third kappa shape index (κ3) is 2.46. The molecule has 1 aliphatic rings.